The molecule has 0 atom stereocenters. The maximum Gasteiger partial charge on any atom is 0.348 e. The lowest BCUT2D eigenvalue weighted by Crippen LogP contribution is -2.14. The molecule has 0 radical (unpaired) electrons. The van der Waals surface area contributed by atoms with Crippen LogP contribution in [0.1, 0.15) is 73.3 Å². The van der Waals surface area contributed by atoms with E-state index in [1.807, 2.05) is 39.0 Å². The van der Waals surface area contributed by atoms with Gasteiger partial charge in [-0.2, -0.15) is 0 Å². The molecule has 186 valence electrons. The highest BCUT2D eigenvalue weighted by Gasteiger charge is 2.28. The molecule has 0 aliphatic rings. The van der Waals surface area contributed by atoms with E-state index in [0.717, 1.165) is 16.9 Å². The molecule has 9 heteroatoms. The van der Waals surface area contributed by atoms with Gasteiger partial charge in [0.05, 0.1) is 18.8 Å². The van der Waals surface area contributed by atoms with Gasteiger partial charge in [-0.15, -0.1) is 11.3 Å². The van der Waals surface area contributed by atoms with Crippen LogP contribution in [0.25, 0.3) is 0 Å². The maximum atomic E-state index is 12.9. The summed E-state index contributed by atoms with van der Waals surface area (Å²) < 4.78 is 21.7. The van der Waals surface area contributed by atoms with Crippen molar-refractivity contribution in [1.29, 1.82) is 0 Å². The zero-order chi connectivity index (χ0) is 25.5. The average Bonchev–Trinajstić information content (AvgIpc) is 3.43. The SMILES string of the molecule is CCCOC(=O)c1c(NC(=O)c2ccc(COc3ccc(C)c(C)c3)o2)sc(C(=O)OCC)c1C. The van der Waals surface area contributed by atoms with Gasteiger partial charge in [-0.1, -0.05) is 13.0 Å². The minimum absolute atomic E-state index is 0.0419. The van der Waals surface area contributed by atoms with Gasteiger partial charge in [-0.25, -0.2) is 9.59 Å². The molecule has 2 heterocycles. The quantitative estimate of drug-likeness (QED) is 0.349. The topological polar surface area (TPSA) is 104 Å². The number of ether oxygens (including phenoxy) is 3. The molecule has 0 saturated carbocycles. The molecular weight excluding hydrogens is 470 g/mol. The molecule has 1 aromatic carbocycles. The molecular formula is C26H29NO7S. The number of nitrogens with one attached hydrogen (secondary N) is 1. The number of hydrogen-bond acceptors (Lipinski definition) is 8. The van der Waals surface area contributed by atoms with Crippen LogP contribution in [-0.4, -0.2) is 31.1 Å². The van der Waals surface area contributed by atoms with Crippen LogP contribution in [0.3, 0.4) is 0 Å². The van der Waals surface area contributed by atoms with Gasteiger partial charge in [0.1, 0.15) is 28.0 Å². The average molecular weight is 500 g/mol. The third kappa shape index (κ3) is 6.30. The highest BCUT2D eigenvalue weighted by Crippen LogP contribution is 2.35. The van der Waals surface area contributed by atoms with Crippen molar-refractivity contribution in [3.05, 3.63) is 69.0 Å². The minimum Gasteiger partial charge on any atom is -0.486 e. The van der Waals surface area contributed by atoms with Gasteiger partial charge >= 0.3 is 11.9 Å². The lowest BCUT2D eigenvalue weighted by Gasteiger charge is -2.07. The Hall–Kier alpha value is -3.59. The summed E-state index contributed by atoms with van der Waals surface area (Å²) in [5.41, 5.74) is 2.81. The Bertz CT molecular complexity index is 1220. The predicted octanol–water partition coefficient (Wildman–Crippen LogP) is 5.84. The Morgan fingerprint density at radius 3 is 2.43 bits per heavy atom. The fourth-order valence-corrected chi connectivity index (χ4v) is 4.29. The number of hydrogen-bond donors (Lipinski definition) is 1. The number of aryl methyl sites for hydroxylation is 2. The molecule has 3 aromatic rings. The second-order valence-corrected chi connectivity index (χ2v) is 8.89. The van der Waals surface area contributed by atoms with Gasteiger partial charge in [-0.3, -0.25) is 4.79 Å². The number of thiophene rings is 1. The first-order valence-electron chi connectivity index (χ1n) is 11.3. The second kappa shape index (κ2) is 11.7. The maximum absolute atomic E-state index is 12.9. The third-order valence-corrected chi connectivity index (χ3v) is 6.41. The van der Waals surface area contributed by atoms with E-state index in [1.54, 1.807) is 19.9 Å². The Kier molecular flexibility index (Phi) is 8.70. The fraction of sp³-hybridized carbons (Fsp3) is 0.346. The van der Waals surface area contributed by atoms with E-state index in [0.29, 0.717) is 23.5 Å². The summed E-state index contributed by atoms with van der Waals surface area (Å²) in [6.07, 6.45) is 0.640. The molecule has 0 saturated heterocycles. The van der Waals surface area contributed by atoms with E-state index < -0.39 is 17.8 Å². The third-order valence-electron chi connectivity index (χ3n) is 5.22. The molecule has 0 fully saturated rings. The van der Waals surface area contributed by atoms with Gasteiger partial charge in [-0.05, 0) is 75.1 Å². The molecule has 0 aliphatic heterocycles. The number of furan rings is 1. The normalized spacial score (nSPS) is 10.7. The first-order valence-corrected chi connectivity index (χ1v) is 12.1. The van der Waals surface area contributed by atoms with Gasteiger partial charge in [0, 0.05) is 0 Å². The van der Waals surface area contributed by atoms with Crippen LogP contribution in [-0.2, 0) is 16.1 Å². The number of amides is 1. The van der Waals surface area contributed by atoms with E-state index in [1.165, 1.54) is 11.6 Å². The molecule has 0 spiro atoms. The molecule has 3 rings (SSSR count). The zero-order valence-corrected chi connectivity index (χ0v) is 21.3. The summed E-state index contributed by atoms with van der Waals surface area (Å²) >= 11 is 0.962. The van der Waals surface area contributed by atoms with Crippen molar-refractivity contribution in [2.45, 2.75) is 47.6 Å². The van der Waals surface area contributed by atoms with Crippen LogP contribution in [0.2, 0.25) is 0 Å². The number of rotatable bonds is 10. The van der Waals surface area contributed by atoms with Gasteiger partial charge in [0.15, 0.2) is 5.76 Å². The van der Waals surface area contributed by atoms with E-state index in [4.69, 9.17) is 18.6 Å². The molecule has 35 heavy (non-hydrogen) atoms. The van der Waals surface area contributed by atoms with Crippen molar-refractivity contribution in [3.8, 4) is 5.75 Å². The fourth-order valence-electron chi connectivity index (χ4n) is 3.21. The lowest BCUT2D eigenvalue weighted by molar-refractivity contribution is 0.0506. The Balaban J connectivity index is 1.76. The molecule has 1 N–H and O–H groups in total. The van der Waals surface area contributed by atoms with Crippen molar-refractivity contribution >= 4 is 34.2 Å². The Morgan fingerprint density at radius 1 is 0.971 bits per heavy atom. The predicted molar refractivity (Wildman–Crippen MR) is 132 cm³/mol. The number of benzene rings is 1. The van der Waals surface area contributed by atoms with Crippen LogP contribution in [0, 0.1) is 20.8 Å². The van der Waals surface area contributed by atoms with Crippen molar-refractivity contribution in [3.63, 3.8) is 0 Å². The standard InChI is InChI=1S/C26H29NO7S/c1-6-12-32-25(29)21-17(5)22(26(30)31-7-2)35-24(21)27-23(28)20-11-10-19(34-20)14-33-18-9-8-15(3)16(4)13-18/h8-11,13H,6-7,12,14H2,1-5H3,(H,27,28). The molecule has 8 nitrogen and oxygen atoms in total. The monoisotopic (exact) mass is 499 g/mol. The summed E-state index contributed by atoms with van der Waals surface area (Å²) in [7, 11) is 0. The minimum atomic E-state index is -0.617. The Labute approximate surface area is 208 Å². The van der Waals surface area contributed by atoms with E-state index in [2.05, 4.69) is 5.32 Å². The van der Waals surface area contributed by atoms with Crippen LogP contribution in [0.15, 0.2) is 34.7 Å². The highest BCUT2D eigenvalue weighted by atomic mass is 32.1. The Morgan fingerprint density at radius 2 is 1.74 bits per heavy atom. The van der Waals surface area contributed by atoms with Gasteiger partial charge in [0.2, 0.25) is 0 Å². The second-order valence-electron chi connectivity index (χ2n) is 7.87. The first kappa shape index (κ1) is 26.0. The molecule has 0 bridgehead atoms. The number of esters is 2. The van der Waals surface area contributed by atoms with Crippen molar-refractivity contribution in [2.75, 3.05) is 18.5 Å². The number of carbonyl (C=O) groups excluding carboxylic acids is 3. The molecule has 1 amide bonds. The van der Waals surface area contributed by atoms with Crippen LogP contribution >= 0.6 is 11.3 Å². The van der Waals surface area contributed by atoms with E-state index >= 15 is 0 Å². The van der Waals surface area contributed by atoms with Crippen molar-refractivity contribution in [2.24, 2.45) is 0 Å². The molecule has 0 unspecified atom stereocenters. The van der Waals surface area contributed by atoms with Crippen molar-refractivity contribution < 1.29 is 33.0 Å². The summed E-state index contributed by atoms with van der Waals surface area (Å²) in [4.78, 5) is 38.1. The first-order chi connectivity index (χ1) is 16.7. The summed E-state index contributed by atoms with van der Waals surface area (Å²) in [6, 6.07) is 8.96. The van der Waals surface area contributed by atoms with Crippen LogP contribution in [0.5, 0.6) is 5.75 Å². The number of anilines is 1. The lowest BCUT2D eigenvalue weighted by atomic mass is 10.1. The van der Waals surface area contributed by atoms with Crippen LogP contribution < -0.4 is 10.1 Å². The summed E-state index contributed by atoms with van der Waals surface area (Å²) in [6.45, 7) is 9.77. The van der Waals surface area contributed by atoms with Gasteiger partial charge in [0.25, 0.3) is 5.91 Å². The summed E-state index contributed by atoms with van der Waals surface area (Å²) in [5.74, 6) is -0.544. The summed E-state index contributed by atoms with van der Waals surface area (Å²) in [5, 5.41) is 2.87. The van der Waals surface area contributed by atoms with Crippen LogP contribution in [0.4, 0.5) is 5.00 Å². The van der Waals surface area contributed by atoms with Crippen molar-refractivity contribution in [1.82, 2.24) is 0 Å². The van der Waals surface area contributed by atoms with Gasteiger partial charge < -0.3 is 23.9 Å². The zero-order valence-electron chi connectivity index (χ0n) is 20.5. The largest absolute Gasteiger partial charge is 0.486 e. The highest BCUT2D eigenvalue weighted by molar-refractivity contribution is 7.18. The smallest absolute Gasteiger partial charge is 0.348 e. The van der Waals surface area contributed by atoms with E-state index in [-0.39, 0.29) is 41.0 Å². The number of carbonyl (C=O) groups is 3. The molecule has 0 aliphatic carbocycles. The van der Waals surface area contributed by atoms with E-state index in [9.17, 15) is 14.4 Å². The molecule has 2 aromatic heterocycles.